The standard InChI is InChI=1S/C13H21NO3/c1-3-11(6-7-15)14-9-10-8-12(17-2)4-5-13(10)16/h4-5,8,11,14-16H,3,6-7,9H2,1-2H3. The molecule has 0 saturated heterocycles. The number of hydrogen-bond donors (Lipinski definition) is 3. The van der Waals surface area contributed by atoms with Crippen molar-refractivity contribution in [3.63, 3.8) is 0 Å². The number of aliphatic hydroxyl groups excluding tert-OH is 1. The van der Waals surface area contributed by atoms with E-state index in [1.165, 1.54) is 0 Å². The quantitative estimate of drug-likeness (QED) is 0.677. The molecule has 1 rings (SSSR count). The molecule has 0 aliphatic carbocycles. The van der Waals surface area contributed by atoms with Crippen LogP contribution < -0.4 is 10.1 Å². The normalized spacial score (nSPS) is 12.4. The first-order chi connectivity index (χ1) is 8.21. The number of benzene rings is 1. The number of methoxy groups -OCH3 is 1. The van der Waals surface area contributed by atoms with Crippen LogP contribution in [0.5, 0.6) is 11.5 Å². The highest BCUT2D eigenvalue weighted by Gasteiger charge is 2.07. The minimum atomic E-state index is 0.176. The van der Waals surface area contributed by atoms with E-state index in [1.807, 2.05) is 6.07 Å². The van der Waals surface area contributed by atoms with Crippen LogP contribution in [0.2, 0.25) is 0 Å². The lowest BCUT2D eigenvalue weighted by Crippen LogP contribution is -2.28. The number of hydrogen-bond acceptors (Lipinski definition) is 4. The van der Waals surface area contributed by atoms with Crippen molar-refractivity contribution in [3.05, 3.63) is 23.8 Å². The second kappa shape index (κ2) is 7.14. The second-order valence-corrected chi connectivity index (χ2v) is 3.99. The molecule has 0 aromatic heterocycles. The monoisotopic (exact) mass is 239 g/mol. The zero-order chi connectivity index (χ0) is 12.7. The van der Waals surface area contributed by atoms with Crippen LogP contribution in [0, 0.1) is 0 Å². The predicted molar refractivity (Wildman–Crippen MR) is 67.3 cm³/mol. The molecule has 1 aromatic carbocycles. The van der Waals surface area contributed by atoms with Gasteiger partial charge in [0.25, 0.3) is 0 Å². The Morgan fingerprint density at radius 3 is 2.76 bits per heavy atom. The third-order valence-corrected chi connectivity index (χ3v) is 2.84. The van der Waals surface area contributed by atoms with Gasteiger partial charge in [0, 0.05) is 24.8 Å². The van der Waals surface area contributed by atoms with Gasteiger partial charge in [-0.25, -0.2) is 0 Å². The average Bonchev–Trinajstić information content (AvgIpc) is 2.36. The Balaban J connectivity index is 2.60. The summed E-state index contributed by atoms with van der Waals surface area (Å²) in [6.07, 6.45) is 1.67. The van der Waals surface area contributed by atoms with Crippen LogP contribution in [0.4, 0.5) is 0 Å². The van der Waals surface area contributed by atoms with E-state index >= 15 is 0 Å². The highest BCUT2D eigenvalue weighted by molar-refractivity contribution is 5.39. The minimum Gasteiger partial charge on any atom is -0.508 e. The molecule has 96 valence electrons. The fourth-order valence-electron chi connectivity index (χ4n) is 1.69. The number of phenols is 1. The lowest BCUT2D eigenvalue weighted by molar-refractivity contribution is 0.261. The summed E-state index contributed by atoms with van der Waals surface area (Å²) in [6, 6.07) is 5.44. The summed E-state index contributed by atoms with van der Waals surface area (Å²) in [7, 11) is 1.60. The molecule has 1 aromatic rings. The summed E-state index contributed by atoms with van der Waals surface area (Å²) in [5.74, 6) is 0.993. The van der Waals surface area contributed by atoms with Gasteiger partial charge in [-0.15, -0.1) is 0 Å². The maximum Gasteiger partial charge on any atom is 0.120 e. The molecule has 4 nitrogen and oxygen atoms in total. The largest absolute Gasteiger partial charge is 0.508 e. The molecule has 3 N–H and O–H groups in total. The van der Waals surface area contributed by atoms with Gasteiger partial charge in [0.05, 0.1) is 7.11 Å². The molecule has 17 heavy (non-hydrogen) atoms. The maximum absolute atomic E-state index is 9.70. The van der Waals surface area contributed by atoms with Gasteiger partial charge in [-0.1, -0.05) is 6.92 Å². The molecular formula is C13H21NO3. The topological polar surface area (TPSA) is 61.7 Å². The Morgan fingerprint density at radius 2 is 2.18 bits per heavy atom. The van der Waals surface area contributed by atoms with Crippen LogP contribution in [0.15, 0.2) is 18.2 Å². The van der Waals surface area contributed by atoms with Crippen molar-refractivity contribution in [2.45, 2.75) is 32.4 Å². The Morgan fingerprint density at radius 1 is 1.41 bits per heavy atom. The Bertz CT molecular complexity index is 341. The fourth-order valence-corrected chi connectivity index (χ4v) is 1.69. The molecular weight excluding hydrogens is 218 g/mol. The molecule has 0 aliphatic heterocycles. The lowest BCUT2D eigenvalue weighted by atomic mass is 10.1. The number of aliphatic hydroxyl groups is 1. The number of nitrogens with one attached hydrogen (secondary N) is 1. The third kappa shape index (κ3) is 4.24. The van der Waals surface area contributed by atoms with Gasteiger partial charge < -0.3 is 20.3 Å². The fraction of sp³-hybridized carbons (Fsp3) is 0.538. The number of ether oxygens (including phenoxy) is 1. The van der Waals surface area contributed by atoms with Crippen molar-refractivity contribution >= 4 is 0 Å². The zero-order valence-corrected chi connectivity index (χ0v) is 10.4. The Kier molecular flexibility index (Phi) is 5.80. The molecule has 0 saturated carbocycles. The third-order valence-electron chi connectivity index (χ3n) is 2.84. The number of rotatable bonds is 7. The zero-order valence-electron chi connectivity index (χ0n) is 10.4. The minimum absolute atomic E-state index is 0.176. The van der Waals surface area contributed by atoms with E-state index in [9.17, 15) is 5.11 Å². The van der Waals surface area contributed by atoms with Gasteiger partial charge in [-0.2, -0.15) is 0 Å². The van der Waals surface area contributed by atoms with E-state index in [0.29, 0.717) is 6.54 Å². The SMILES string of the molecule is CCC(CCO)NCc1cc(OC)ccc1O. The van der Waals surface area contributed by atoms with Gasteiger partial charge in [0.1, 0.15) is 11.5 Å². The summed E-state index contributed by atoms with van der Waals surface area (Å²) in [5.41, 5.74) is 0.806. The molecule has 0 heterocycles. The van der Waals surface area contributed by atoms with E-state index in [1.54, 1.807) is 19.2 Å². The van der Waals surface area contributed by atoms with Crippen LogP contribution in [0.25, 0.3) is 0 Å². The molecule has 0 bridgehead atoms. The maximum atomic E-state index is 9.70. The van der Waals surface area contributed by atoms with E-state index in [-0.39, 0.29) is 18.4 Å². The van der Waals surface area contributed by atoms with E-state index < -0.39 is 0 Å². The molecule has 0 fully saturated rings. The first kappa shape index (κ1) is 13.8. The molecule has 0 radical (unpaired) electrons. The molecule has 1 unspecified atom stereocenters. The summed E-state index contributed by atoms with van der Waals surface area (Å²) in [4.78, 5) is 0. The average molecular weight is 239 g/mol. The van der Waals surface area contributed by atoms with Crippen molar-refractivity contribution in [2.24, 2.45) is 0 Å². The van der Waals surface area contributed by atoms with E-state index in [4.69, 9.17) is 9.84 Å². The van der Waals surface area contributed by atoms with Crippen molar-refractivity contribution in [3.8, 4) is 11.5 Å². The predicted octanol–water partition coefficient (Wildman–Crippen LogP) is 1.65. The molecule has 0 amide bonds. The van der Waals surface area contributed by atoms with Crippen molar-refractivity contribution in [1.82, 2.24) is 5.32 Å². The van der Waals surface area contributed by atoms with Crippen LogP contribution in [-0.4, -0.2) is 30.0 Å². The highest BCUT2D eigenvalue weighted by Crippen LogP contribution is 2.22. The summed E-state index contributed by atoms with van der Waals surface area (Å²) in [6.45, 7) is 2.82. The van der Waals surface area contributed by atoms with Gasteiger partial charge in [-0.3, -0.25) is 0 Å². The molecule has 0 aliphatic rings. The van der Waals surface area contributed by atoms with Gasteiger partial charge in [0.15, 0.2) is 0 Å². The van der Waals surface area contributed by atoms with E-state index in [0.717, 1.165) is 24.2 Å². The molecule has 0 spiro atoms. The molecule has 4 heteroatoms. The Hall–Kier alpha value is -1.26. The van der Waals surface area contributed by atoms with Crippen molar-refractivity contribution in [1.29, 1.82) is 0 Å². The van der Waals surface area contributed by atoms with Gasteiger partial charge in [0.2, 0.25) is 0 Å². The smallest absolute Gasteiger partial charge is 0.120 e. The van der Waals surface area contributed by atoms with Gasteiger partial charge in [-0.05, 0) is 31.0 Å². The summed E-state index contributed by atoms with van der Waals surface area (Å²) in [5, 5.41) is 21.9. The van der Waals surface area contributed by atoms with Crippen LogP contribution >= 0.6 is 0 Å². The second-order valence-electron chi connectivity index (χ2n) is 3.99. The first-order valence-electron chi connectivity index (χ1n) is 5.91. The number of phenolic OH excluding ortho intramolecular Hbond substituents is 1. The summed E-state index contributed by atoms with van der Waals surface area (Å²) < 4.78 is 5.11. The van der Waals surface area contributed by atoms with Crippen molar-refractivity contribution in [2.75, 3.05) is 13.7 Å². The van der Waals surface area contributed by atoms with Gasteiger partial charge >= 0.3 is 0 Å². The lowest BCUT2D eigenvalue weighted by Gasteiger charge is -2.16. The first-order valence-corrected chi connectivity index (χ1v) is 5.91. The highest BCUT2D eigenvalue weighted by atomic mass is 16.5. The summed E-state index contributed by atoms with van der Waals surface area (Å²) >= 11 is 0. The van der Waals surface area contributed by atoms with Crippen molar-refractivity contribution < 1.29 is 14.9 Å². The van der Waals surface area contributed by atoms with Crippen LogP contribution in [-0.2, 0) is 6.54 Å². The number of aromatic hydroxyl groups is 1. The molecule has 1 atom stereocenters. The Labute approximate surface area is 102 Å². The van der Waals surface area contributed by atoms with Crippen LogP contribution in [0.3, 0.4) is 0 Å². The van der Waals surface area contributed by atoms with E-state index in [2.05, 4.69) is 12.2 Å². The van der Waals surface area contributed by atoms with Crippen LogP contribution in [0.1, 0.15) is 25.3 Å².